The van der Waals surface area contributed by atoms with Gasteiger partial charge < -0.3 is 20.0 Å². The number of nitrogens with zero attached hydrogens (tertiary/aromatic N) is 2. The quantitative estimate of drug-likeness (QED) is 0.451. The molecule has 1 saturated heterocycles. The van der Waals surface area contributed by atoms with Crippen LogP contribution < -0.4 is 10.6 Å². The Labute approximate surface area is 201 Å². The van der Waals surface area contributed by atoms with E-state index < -0.39 is 16.9 Å². The van der Waals surface area contributed by atoms with Crippen molar-refractivity contribution in [2.45, 2.75) is 45.7 Å². The third-order valence-corrected chi connectivity index (χ3v) is 6.05. The number of benzene rings is 1. The van der Waals surface area contributed by atoms with E-state index in [0.29, 0.717) is 31.7 Å². The van der Waals surface area contributed by atoms with Gasteiger partial charge in [-0.25, -0.2) is 0 Å². The summed E-state index contributed by atoms with van der Waals surface area (Å²) in [6.45, 7) is 6.26. The Kier molecular flexibility index (Phi) is 7.93. The van der Waals surface area contributed by atoms with Gasteiger partial charge in [-0.05, 0) is 43.9 Å². The van der Waals surface area contributed by atoms with E-state index in [0.717, 1.165) is 6.07 Å². The molecule has 1 atom stereocenters. The van der Waals surface area contributed by atoms with Crippen LogP contribution in [-0.4, -0.2) is 52.7 Å². The lowest BCUT2D eigenvalue weighted by atomic mass is 9.99. The lowest BCUT2D eigenvalue weighted by Gasteiger charge is -2.35. The Morgan fingerprint density at radius 2 is 1.82 bits per heavy atom. The van der Waals surface area contributed by atoms with E-state index in [9.17, 15) is 24.5 Å². The van der Waals surface area contributed by atoms with Crippen molar-refractivity contribution in [1.29, 1.82) is 0 Å². The second-order valence-electron chi connectivity index (χ2n) is 8.60. The number of nitrogens with one attached hydrogen (secondary N) is 2. The number of nitro benzene ring substituents is 1. The third kappa shape index (κ3) is 5.93. The summed E-state index contributed by atoms with van der Waals surface area (Å²) in [5, 5.41) is 16.5. The van der Waals surface area contributed by atoms with Crippen LogP contribution >= 0.6 is 11.6 Å². The van der Waals surface area contributed by atoms with Gasteiger partial charge in [0.1, 0.15) is 11.8 Å². The summed E-state index contributed by atoms with van der Waals surface area (Å²) in [4.78, 5) is 50.2. The van der Waals surface area contributed by atoms with Gasteiger partial charge in [0, 0.05) is 31.3 Å². The Morgan fingerprint density at radius 1 is 1.15 bits per heavy atom. The highest BCUT2D eigenvalue weighted by Gasteiger charge is 2.32. The molecular weight excluding hydrogens is 464 g/mol. The Hall–Kier alpha value is -3.40. The summed E-state index contributed by atoms with van der Waals surface area (Å²) in [6.07, 6.45) is 1.15. The molecule has 0 radical (unpaired) electrons. The fourth-order valence-corrected chi connectivity index (χ4v) is 4.05. The van der Waals surface area contributed by atoms with Crippen LogP contribution in [0.5, 0.6) is 0 Å². The first-order valence-corrected chi connectivity index (χ1v) is 11.4. The maximum atomic E-state index is 13.2. The smallest absolute Gasteiger partial charge is 0.287 e. The number of rotatable bonds is 7. The molecule has 2 heterocycles. The standard InChI is InChI=1S/C23H27ClN4O6/c1-13(2)20(26-21(29)17-6-5-16(28(32)33)12-18(17)24)23(31)27-10-8-15(9-11-27)25-22(30)19-7-4-14(3)34-19/h4-7,12-13,15,20H,8-11H2,1-3H3,(H,25,30)(H,26,29). The number of piperidine rings is 1. The molecule has 2 aromatic rings. The molecule has 3 rings (SSSR count). The summed E-state index contributed by atoms with van der Waals surface area (Å²) in [5.41, 5.74) is -0.171. The number of nitro groups is 1. The molecule has 182 valence electrons. The summed E-state index contributed by atoms with van der Waals surface area (Å²) >= 11 is 6.06. The van der Waals surface area contributed by atoms with E-state index in [1.54, 1.807) is 24.0 Å². The van der Waals surface area contributed by atoms with Crippen molar-refractivity contribution in [1.82, 2.24) is 15.5 Å². The van der Waals surface area contributed by atoms with Gasteiger partial charge in [0.25, 0.3) is 17.5 Å². The summed E-state index contributed by atoms with van der Waals surface area (Å²) in [7, 11) is 0. The zero-order valence-electron chi connectivity index (χ0n) is 19.2. The van der Waals surface area contributed by atoms with Gasteiger partial charge in [0.2, 0.25) is 5.91 Å². The monoisotopic (exact) mass is 490 g/mol. The number of halogens is 1. The molecule has 1 aliphatic heterocycles. The molecule has 10 nitrogen and oxygen atoms in total. The largest absolute Gasteiger partial charge is 0.456 e. The van der Waals surface area contributed by atoms with Crippen molar-refractivity contribution in [2.24, 2.45) is 5.92 Å². The van der Waals surface area contributed by atoms with E-state index in [1.165, 1.54) is 12.1 Å². The van der Waals surface area contributed by atoms with Gasteiger partial charge in [0.05, 0.1) is 15.5 Å². The second-order valence-corrected chi connectivity index (χ2v) is 9.01. The summed E-state index contributed by atoms with van der Waals surface area (Å²) in [5.74, 6) is -0.389. The van der Waals surface area contributed by atoms with Crippen molar-refractivity contribution >= 4 is 35.0 Å². The van der Waals surface area contributed by atoms with Crippen molar-refractivity contribution in [3.8, 4) is 0 Å². The molecule has 2 N–H and O–H groups in total. The summed E-state index contributed by atoms with van der Waals surface area (Å²) < 4.78 is 5.34. The van der Waals surface area contributed by atoms with Gasteiger partial charge in [-0.2, -0.15) is 0 Å². The van der Waals surface area contributed by atoms with Crippen LogP contribution in [0.1, 0.15) is 53.4 Å². The molecule has 1 fully saturated rings. The maximum absolute atomic E-state index is 13.2. The van der Waals surface area contributed by atoms with Crippen LogP contribution in [-0.2, 0) is 4.79 Å². The second kappa shape index (κ2) is 10.7. The number of non-ortho nitro benzene ring substituents is 1. The van der Waals surface area contributed by atoms with Crippen LogP contribution in [0.2, 0.25) is 5.02 Å². The van der Waals surface area contributed by atoms with Crippen LogP contribution in [0.4, 0.5) is 5.69 Å². The van der Waals surface area contributed by atoms with Crippen LogP contribution in [0.25, 0.3) is 0 Å². The fraction of sp³-hybridized carbons (Fsp3) is 0.435. The topological polar surface area (TPSA) is 135 Å². The minimum atomic E-state index is -0.795. The molecule has 1 aliphatic rings. The fourth-order valence-electron chi connectivity index (χ4n) is 3.79. The Balaban J connectivity index is 1.59. The minimum Gasteiger partial charge on any atom is -0.456 e. The van der Waals surface area contributed by atoms with E-state index >= 15 is 0 Å². The first-order valence-electron chi connectivity index (χ1n) is 11.0. The van der Waals surface area contributed by atoms with Crippen molar-refractivity contribution in [3.05, 3.63) is 62.6 Å². The molecule has 1 aromatic heterocycles. The third-order valence-electron chi connectivity index (χ3n) is 5.73. The van der Waals surface area contributed by atoms with Crippen molar-refractivity contribution < 1.29 is 23.7 Å². The molecule has 0 aliphatic carbocycles. The first kappa shape index (κ1) is 25.2. The van der Waals surface area contributed by atoms with Crippen LogP contribution in [0.3, 0.4) is 0 Å². The highest BCUT2D eigenvalue weighted by atomic mass is 35.5. The maximum Gasteiger partial charge on any atom is 0.287 e. The van der Waals surface area contributed by atoms with Gasteiger partial charge in [0.15, 0.2) is 5.76 Å². The lowest BCUT2D eigenvalue weighted by Crippen LogP contribution is -2.54. The van der Waals surface area contributed by atoms with Crippen molar-refractivity contribution in [2.75, 3.05) is 13.1 Å². The SMILES string of the molecule is Cc1ccc(C(=O)NC2CCN(C(=O)C(NC(=O)c3ccc([N+](=O)[O-])cc3Cl)C(C)C)CC2)o1. The molecule has 0 spiro atoms. The van der Waals surface area contributed by atoms with Crippen LogP contribution in [0, 0.1) is 23.0 Å². The van der Waals surface area contributed by atoms with E-state index in [1.807, 2.05) is 13.8 Å². The van der Waals surface area contributed by atoms with Gasteiger partial charge in [-0.15, -0.1) is 0 Å². The van der Waals surface area contributed by atoms with Gasteiger partial charge >= 0.3 is 0 Å². The molecule has 11 heteroatoms. The average molecular weight is 491 g/mol. The predicted molar refractivity (Wildman–Crippen MR) is 125 cm³/mol. The highest BCUT2D eigenvalue weighted by Crippen LogP contribution is 2.23. The number of furan rings is 1. The van der Waals surface area contributed by atoms with Gasteiger partial charge in [-0.1, -0.05) is 25.4 Å². The first-order chi connectivity index (χ1) is 16.1. The molecule has 0 bridgehead atoms. The molecule has 0 saturated carbocycles. The number of amides is 3. The van der Waals surface area contributed by atoms with E-state index in [4.69, 9.17) is 16.0 Å². The van der Waals surface area contributed by atoms with E-state index in [2.05, 4.69) is 10.6 Å². The van der Waals surface area contributed by atoms with Crippen LogP contribution in [0.15, 0.2) is 34.7 Å². The number of likely N-dealkylation sites (tertiary alicyclic amines) is 1. The zero-order valence-corrected chi connectivity index (χ0v) is 19.9. The number of hydrogen-bond donors (Lipinski definition) is 2. The number of aryl methyl sites for hydroxylation is 1. The lowest BCUT2D eigenvalue weighted by molar-refractivity contribution is -0.384. The zero-order chi connectivity index (χ0) is 25.0. The Bertz CT molecular complexity index is 1090. The van der Waals surface area contributed by atoms with E-state index in [-0.39, 0.29) is 45.8 Å². The number of carbonyl (C=O) groups excluding carboxylic acids is 3. The molecule has 34 heavy (non-hydrogen) atoms. The number of carbonyl (C=O) groups is 3. The van der Waals surface area contributed by atoms with Gasteiger partial charge in [-0.3, -0.25) is 24.5 Å². The Morgan fingerprint density at radius 3 is 2.35 bits per heavy atom. The molecule has 3 amide bonds. The molecule has 1 aromatic carbocycles. The molecular formula is C23H27ClN4O6. The molecule has 1 unspecified atom stereocenters. The number of hydrogen-bond acceptors (Lipinski definition) is 6. The normalized spacial score (nSPS) is 15.1. The van der Waals surface area contributed by atoms with Crippen molar-refractivity contribution in [3.63, 3.8) is 0 Å². The highest BCUT2D eigenvalue weighted by molar-refractivity contribution is 6.34. The summed E-state index contributed by atoms with van der Waals surface area (Å²) in [6, 6.07) is 6.02. The average Bonchev–Trinajstić information content (AvgIpc) is 3.23. The predicted octanol–water partition coefficient (Wildman–Crippen LogP) is 3.33. The minimum absolute atomic E-state index is 0.0558.